The normalized spacial score (nSPS) is 25.8. The fourth-order valence-corrected chi connectivity index (χ4v) is 2.86. The van der Waals surface area contributed by atoms with E-state index in [9.17, 15) is 31.1 Å². The Balaban J connectivity index is 2.44. The minimum absolute atomic E-state index is 0.272. The lowest BCUT2D eigenvalue weighted by Gasteiger charge is -2.42. The topological polar surface area (TPSA) is 46.3 Å². The molecule has 128 valence electrons. The van der Waals surface area contributed by atoms with E-state index in [1.807, 2.05) is 0 Å². The van der Waals surface area contributed by atoms with E-state index in [-0.39, 0.29) is 6.42 Å². The molecule has 1 aromatic carbocycles. The predicted octanol–water partition coefficient (Wildman–Crippen LogP) is 2.70. The first kappa shape index (κ1) is 17.6. The molecule has 0 radical (unpaired) electrons. The lowest BCUT2D eigenvalue weighted by atomic mass is 9.81. The van der Waals surface area contributed by atoms with Crippen molar-refractivity contribution in [3.05, 3.63) is 35.1 Å². The molecule has 1 aliphatic rings. The van der Waals surface area contributed by atoms with Crippen LogP contribution in [0.15, 0.2) is 12.1 Å². The van der Waals surface area contributed by atoms with Crippen LogP contribution in [0.3, 0.4) is 0 Å². The van der Waals surface area contributed by atoms with E-state index in [2.05, 4.69) is 0 Å². The molecule has 2 N–H and O–H groups in total. The molecule has 1 aliphatic heterocycles. The summed E-state index contributed by atoms with van der Waals surface area (Å²) in [5.41, 5.74) is 4.83. The van der Waals surface area contributed by atoms with Crippen molar-refractivity contribution in [3.8, 4) is 0 Å². The monoisotopic (exact) mass is 340 g/mol. The van der Waals surface area contributed by atoms with Crippen LogP contribution in [-0.2, 0) is 4.79 Å². The Labute approximate surface area is 128 Å². The van der Waals surface area contributed by atoms with Gasteiger partial charge in [-0.05, 0) is 25.5 Å². The van der Waals surface area contributed by atoms with Gasteiger partial charge in [-0.25, -0.2) is 13.2 Å². The second-order valence-corrected chi connectivity index (χ2v) is 5.53. The molecule has 23 heavy (non-hydrogen) atoms. The molecule has 0 spiro atoms. The molecule has 3 nitrogen and oxygen atoms in total. The average Bonchev–Trinajstić information content (AvgIpc) is 2.44. The van der Waals surface area contributed by atoms with E-state index in [1.54, 1.807) is 0 Å². The molecule has 1 heterocycles. The van der Waals surface area contributed by atoms with E-state index < -0.39 is 59.6 Å². The molecule has 0 bridgehead atoms. The number of hydrogen-bond donors (Lipinski definition) is 1. The number of amides is 1. The quantitative estimate of drug-likeness (QED) is 0.665. The predicted molar refractivity (Wildman–Crippen MR) is 68.9 cm³/mol. The molecule has 1 aromatic rings. The summed E-state index contributed by atoms with van der Waals surface area (Å²) in [6.07, 6.45) is -4.96. The molecule has 3 atom stereocenters. The zero-order valence-corrected chi connectivity index (χ0v) is 12.0. The zero-order chi connectivity index (χ0) is 17.5. The maximum Gasteiger partial charge on any atom is 0.406 e. The lowest BCUT2D eigenvalue weighted by molar-refractivity contribution is -0.170. The summed E-state index contributed by atoms with van der Waals surface area (Å²) in [6, 6.07) is -1.26. The summed E-state index contributed by atoms with van der Waals surface area (Å²) in [4.78, 5) is 12.3. The van der Waals surface area contributed by atoms with Crippen molar-refractivity contribution >= 4 is 5.91 Å². The molecule has 1 saturated heterocycles. The number of piperidine rings is 1. The van der Waals surface area contributed by atoms with E-state index in [1.165, 1.54) is 6.92 Å². The summed E-state index contributed by atoms with van der Waals surface area (Å²) >= 11 is 0. The van der Waals surface area contributed by atoms with Crippen LogP contribution in [-0.4, -0.2) is 35.6 Å². The third kappa shape index (κ3) is 3.44. The Bertz CT molecular complexity index is 618. The maximum atomic E-state index is 13.9. The minimum Gasteiger partial charge on any atom is -0.329 e. The first-order valence-electron chi connectivity index (χ1n) is 6.79. The van der Waals surface area contributed by atoms with Crippen LogP contribution < -0.4 is 5.73 Å². The molecule has 2 rings (SSSR count). The highest BCUT2D eigenvalue weighted by Gasteiger charge is 2.45. The second-order valence-electron chi connectivity index (χ2n) is 5.53. The van der Waals surface area contributed by atoms with Gasteiger partial charge >= 0.3 is 6.18 Å². The number of nitrogens with zero attached hydrogens (tertiary/aromatic N) is 1. The van der Waals surface area contributed by atoms with Crippen molar-refractivity contribution in [1.82, 2.24) is 4.90 Å². The molecular formula is C14H14F6N2O. The third-order valence-corrected chi connectivity index (χ3v) is 3.98. The van der Waals surface area contributed by atoms with Crippen molar-refractivity contribution < 1.29 is 31.1 Å². The van der Waals surface area contributed by atoms with Crippen LogP contribution >= 0.6 is 0 Å². The summed E-state index contributed by atoms with van der Waals surface area (Å²) in [6.45, 7) is -0.361. The minimum atomic E-state index is -4.69. The first-order valence-corrected chi connectivity index (χ1v) is 6.79. The second kappa shape index (κ2) is 6.03. The highest BCUT2D eigenvalue weighted by atomic mass is 19.4. The molecule has 0 saturated carbocycles. The first-order chi connectivity index (χ1) is 10.5. The fraction of sp³-hybridized carbons (Fsp3) is 0.500. The highest BCUT2D eigenvalue weighted by Crippen LogP contribution is 2.37. The zero-order valence-electron chi connectivity index (χ0n) is 12.0. The lowest BCUT2D eigenvalue weighted by Crippen LogP contribution is -2.57. The van der Waals surface area contributed by atoms with E-state index in [4.69, 9.17) is 5.73 Å². The van der Waals surface area contributed by atoms with Crippen LogP contribution in [0.5, 0.6) is 0 Å². The van der Waals surface area contributed by atoms with Crippen molar-refractivity contribution in [1.29, 1.82) is 0 Å². The molecule has 1 fully saturated rings. The SMILES string of the molecule is C[C@@H]1[C@H](c2c(F)ccc(F)c2F)C[C@@H](N)C(=O)N1CC(F)(F)F. The van der Waals surface area contributed by atoms with Gasteiger partial charge < -0.3 is 10.6 Å². The van der Waals surface area contributed by atoms with Gasteiger partial charge in [0.05, 0.1) is 6.04 Å². The molecular weight excluding hydrogens is 326 g/mol. The summed E-state index contributed by atoms with van der Waals surface area (Å²) in [5.74, 6) is -6.02. The largest absolute Gasteiger partial charge is 0.406 e. The van der Waals surface area contributed by atoms with Crippen molar-refractivity contribution in [3.63, 3.8) is 0 Å². The number of nitrogens with two attached hydrogens (primary N) is 1. The Morgan fingerprint density at radius 3 is 2.35 bits per heavy atom. The Hall–Kier alpha value is -1.77. The van der Waals surface area contributed by atoms with Gasteiger partial charge in [-0.15, -0.1) is 0 Å². The summed E-state index contributed by atoms with van der Waals surface area (Å²) in [5, 5.41) is 0. The van der Waals surface area contributed by atoms with Crippen LogP contribution in [0.25, 0.3) is 0 Å². The van der Waals surface area contributed by atoms with Gasteiger partial charge in [-0.2, -0.15) is 13.2 Å². The standard InChI is InChI=1S/C14H14F6N2O/c1-6-7(11-8(15)2-3-9(16)12(11)17)4-10(21)13(23)22(6)5-14(18,19)20/h2-3,6-7,10H,4-5,21H2,1H3/t6-,7-,10-/m1/s1. The highest BCUT2D eigenvalue weighted by molar-refractivity contribution is 5.83. The van der Waals surface area contributed by atoms with Crippen molar-refractivity contribution in [2.45, 2.75) is 37.5 Å². The number of halogens is 6. The Morgan fingerprint density at radius 1 is 1.22 bits per heavy atom. The summed E-state index contributed by atoms with van der Waals surface area (Å²) in [7, 11) is 0. The van der Waals surface area contributed by atoms with Gasteiger partial charge in [0.2, 0.25) is 5.91 Å². The van der Waals surface area contributed by atoms with Gasteiger partial charge in [0.25, 0.3) is 0 Å². The van der Waals surface area contributed by atoms with Crippen LogP contribution in [0.2, 0.25) is 0 Å². The maximum absolute atomic E-state index is 13.9. The number of hydrogen-bond acceptors (Lipinski definition) is 2. The Kier molecular flexibility index (Phi) is 4.61. The van der Waals surface area contributed by atoms with Gasteiger partial charge in [-0.1, -0.05) is 0 Å². The molecule has 0 unspecified atom stereocenters. The molecule has 9 heteroatoms. The molecule has 1 amide bonds. The average molecular weight is 340 g/mol. The van der Waals surface area contributed by atoms with Crippen LogP contribution in [0.4, 0.5) is 26.3 Å². The van der Waals surface area contributed by atoms with E-state index >= 15 is 0 Å². The van der Waals surface area contributed by atoms with Crippen LogP contribution in [0, 0.1) is 17.5 Å². The number of benzene rings is 1. The number of alkyl halides is 3. The molecule has 0 aromatic heterocycles. The third-order valence-electron chi connectivity index (χ3n) is 3.98. The fourth-order valence-electron chi connectivity index (χ4n) is 2.86. The van der Waals surface area contributed by atoms with E-state index in [0.29, 0.717) is 17.0 Å². The van der Waals surface area contributed by atoms with Crippen LogP contribution in [0.1, 0.15) is 24.8 Å². The Morgan fingerprint density at radius 2 is 1.78 bits per heavy atom. The van der Waals surface area contributed by atoms with E-state index in [0.717, 1.165) is 0 Å². The van der Waals surface area contributed by atoms with Crippen molar-refractivity contribution in [2.75, 3.05) is 6.54 Å². The van der Waals surface area contributed by atoms with Crippen molar-refractivity contribution in [2.24, 2.45) is 5.73 Å². The summed E-state index contributed by atoms with van der Waals surface area (Å²) < 4.78 is 79.1. The smallest absolute Gasteiger partial charge is 0.329 e. The van der Waals surface area contributed by atoms with Gasteiger partial charge in [0.1, 0.15) is 12.4 Å². The van der Waals surface area contributed by atoms with Gasteiger partial charge in [-0.3, -0.25) is 4.79 Å². The molecule has 0 aliphatic carbocycles. The number of carbonyl (C=O) groups excluding carboxylic acids is 1. The number of likely N-dealkylation sites (tertiary alicyclic amines) is 1. The number of rotatable bonds is 2. The number of carbonyl (C=O) groups is 1. The van der Waals surface area contributed by atoms with Gasteiger partial charge in [0, 0.05) is 17.5 Å². The van der Waals surface area contributed by atoms with Gasteiger partial charge in [0.15, 0.2) is 11.6 Å².